The number of hydrogen-bond acceptors (Lipinski definition) is 0. The second kappa shape index (κ2) is 11.3. The normalized spacial score (nSPS) is 2.50. The van der Waals surface area contributed by atoms with Crippen LogP contribution in [0, 0.1) is 0 Å². The average Bonchev–Trinajstić information content (AvgIpc) is 0.918. The molecule has 0 fully saturated rings. The van der Waals surface area contributed by atoms with Crippen molar-refractivity contribution in [1.82, 2.24) is 0 Å². The molecule has 0 heterocycles. The quantitative estimate of drug-likeness (QED) is 0.363. The molecule has 0 unspecified atom stereocenters. The van der Waals surface area contributed by atoms with Gasteiger partial charge in [0.05, 0.1) is 0 Å². The van der Waals surface area contributed by atoms with Gasteiger partial charge in [-0.25, -0.2) is 0 Å². The first-order valence-electron chi connectivity index (χ1n) is 0.512. The van der Waals surface area contributed by atoms with Crippen LogP contribution in [0.25, 0.3) is 0 Å². The topological polar surface area (TPSA) is 31.5 Å². The van der Waals surface area contributed by atoms with Crippen LogP contribution in [0.15, 0.2) is 6.58 Å². The van der Waals surface area contributed by atoms with Crippen molar-refractivity contribution in [3.05, 3.63) is 6.58 Å². The zero-order valence-corrected chi connectivity index (χ0v) is 3.01. The molecule has 0 saturated carbocycles. The number of rotatable bonds is 0. The van der Waals surface area contributed by atoms with Crippen LogP contribution in [0.2, 0.25) is 0 Å². The third-order valence-electron chi connectivity index (χ3n) is 0. The van der Waals surface area contributed by atoms with Gasteiger partial charge >= 0.3 is 26.3 Å². The summed E-state index contributed by atoms with van der Waals surface area (Å²) in [6.07, 6.45) is 0. The van der Waals surface area contributed by atoms with Crippen molar-refractivity contribution in [2.24, 2.45) is 0 Å². The monoisotopic (exact) mass is 102 g/mol. The summed E-state index contributed by atoms with van der Waals surface area (Å²) >= 11 is 3.81. The maximum Gasteiger partial charge on any atom is -0.412 e. The van der Waals surface area contributed by atoms with Crippen LogP contribution in [0.1, 0.15) is 0 Å². The molecular weight excluding hydrogens is 98.7 g/mol. The molecule has 0 aromatic rings. The Morgan fingerprint density at radius 2 is 1.75 bits per heavy atom. The predicted molar refractivity (Wildman–Crippen MR) is 14.2 cm³/mol. The Kier molecular flexibility index (Phi) is 25.2. The fourth-order valence-corrected chi connectivity index (χ4v) is 0. The summed E-state index contributed by atoms with van der Waals surface area (Å²) in [7, 11) is 0. The third-order valence-corrected chi connectivity index (χ3v) is 0. The molecule has 0 saturated heterocycles. The summed E-state index contributed by atoms with van der Waals surface area (Å²) in [5.74, 6) is 0. The van der Waals surface area contributed by atoms with Crippen LogP contribution in [0.5, 0.6) is 0 Å². The minimum atomic E-state index is 0. The second-order valence-electron chi connectivity index (χ2n) is 0.112. The van der Waals surface area contributed by atoms with E-state index in [4.69, 9.17) is 0 Å². The van der Waals surface area contributed by atoms with E-state index in [-0.39, 0.29) is 5.48 Å². The van der Waals surface area contributed by atoms with E-state index in [0.29, 0.717) is 0 Å². The summed E-state index contributed by atoms with van der Waals surface area (Å²) in [6.45, 7) is 3.07. The zero-order chi connectivity index (χ0) is 2.71. The van der Waals surface area contributed by atoms with E-state index in [0.717, 1.165) is 0 Å². The molecule has 0 aromatic carbocycles. The summed E-state index contributed by atoms with van der Waals surface area (Å²) < 4.78 is 2.12. The van der Waals surface area contributed by atoms with Gasteiger partial charge in [-0.15, -0.1) is 0 Å². The molecule has 2 heteroatoms. The average molecular weight is 103 g/mol. The third kappa shape index (κ3) is 239. The van der Waals surface area contributed by atoms with E-state index >= 15 is 0 Å². The molecule has 0 atom stereocenters. The molecule has 0 rings (SSSR count). The molecule has 0 aliphatic rings. The van der Waals surface area contributed by atoms with Gasteiger partial charge in [-0.05, 0) is 0 Å². The molecule has 0 aromatic heterocycles. The van der Waals surface area contributed by atoms with Gasteiger partial charge in [0, 0.05) is 0 Å². The van der Waals surface area contributed by atoms with Crippen molar-refractivity contribution in [1.29, 1.82) is 0 Å². The molecule has 0 aliphatic heterocycles. The Morgan fingerprint density at radius 1 is 1.75 bits per heavy atom. The SMILES string of the molecule is C=[C]=[Ni].O. The Balaban J connectivity index is 0. The smallest absolute Gasteiger partial charge is 0.412 e. The van der Waals surface area contributed by atoms with Gasteiger partial charge in [-0.3, -0.25) is 0 Å². The van der Waals surface area contributed by atoms with E-state index in [1.807, 2.05) is 0 Å². The maximum absolute atomic E-state index is 3.81. The molecule has 0 bridgehead atoms. The summed E-state index contributed by atoms with van der Waals surface area (Å²) in [5.41, 5.74) is 0. The van der Waals surface area contributed by atoms with Crippen molar-refractivity contribution < 1.29 is 20.5 Å². The van der Waals surface area contributed by atoms with Crippen molar-refractivity contribution in [3.63, 3.8) is 0 Å². The van der Waals surface area contributed by atoms with Crippen molar-refractivity contribution in [2.75, 3.05) is 0 Å². The van der Waals surface area contributed by atoms with Gasteiger partial charge < -0.3 is 5.48 Å². The van der Waals surface area contributed by atoms with Crippen molar-refractivity contribution in [2.45, 2.75) is 0 Å². The fourth-order valence-electron chi connectivity index (χ4n) is 0. The maximum atomic E-state index is 3.81. The standard InChI is InChI=1S/C2H2.Ni.H2O/c1-2;;/h1H2;;1H2. The second-order valence-corrected chi connectivity index (χ2v) is 0.461. The predicted octanol–water partition coefficient (Wildman–Crippen LogP) is -0.704. The van der Waals surface area contributed by atoms with Crippen molar-refractivity contribution >= 4 is 4.65 Å². The minimum absolute atomic E-state index is 0. The fraction of sp³-hybridized carbons (Fsp3) is 0. The van der Waals surface area contributed by atoms with Crippen LogP contribution in [0.3, 0.4) is 0 Å². The molecule has 0 spiro atoms. The van der Waals surface area contributed by atoms with Crippen LogP contribution < -0.4 is 0 Å². The van der Waals surface area contributed by atoms with Gasteiger partial charge in [0.1, 0.15) is 0 Å². The number of hydrogen-bond donors (Lipinski definition) is 0. The van der Waals surface area contributed by atoms with Gasteiger partial charge in [0.2, 0.25) is 0 Å². The van der Waals surface area contributed by atoms with Gasteiger partial charge in [0.25, 0.3) is 0 Å². The Bertz CT molecular complexity index is 27.0. The van der Waals surface area contributed by atoms with Crippen LogP contribution >= 0.6 is 0 Å². The van der Waals surface area contributed by atoms with E-state index in [1.54, 1.807) is 0 Å². The molecular formula is C2H4NiO. The molecule has 0 aliphatic carbocycles. The van der Waals surface area contributed by atoms with Crippen LogP contribution in [-0.4, -0.2) is 10.1 Å². The van der Waals surface area contributed by atoms with Gasteiger partial charge in [-0.2, -0.15) is 0 Å². The zero-order valence-electron chi connectivity index (χ0n) is 2.02. The molecule has 1 nitrogen and oxygen atoms in total. The van der Waals surface area contributed by atoms with Gasteiger partial charge in [-0.1, -0.05) is 0 Å². The molecule has 4 heavy (non-hydrogen) atoms. The van der Waals surface area contributed by atoms with E-state index in [2.05, 4.69) is 26.3 Å². The molecule has 28 valence electrons. The minimum Gasteiger partial charge on any atom is -0.412 e. The summed E-state index contributed by atoms with van der Waals surface area (Å²) in [6, 6.07) is 0. The molecule has 0 amide bonds. The summed E-state index contributed by atoms with van der Waals surface area (Å²) in [5, 5.41) is 0. The first-order valence-corrected chi connectivity index (χ1v) is 1.01. The van der Waals surface area contributed by atoms with Crippen LogP contribution in [0.4, 0.5) is 0 Å². The van der Waals surface area contributed by atoms with Crippen LogP contribution in [-0.2, 0) is 15.0 Å². The Morgan fingerprint density at radius 3 is 1.75 bits per heavy atom. The molecule has 0 radical (unpaired) electrons. The van der Waals surface area contributed by atoms with E-state index in [9.17, 15) is 0 Å². The summed E-state index contributed by atoms with van der Waals surface area (Å²) in [4.78, 5) is 0. The first kappa shape index (κ1) is 8.93. The molecule has 2 N–H and O–H groups in total. The van der Waals surface area contributed by atoms with E-state index < -0.39 is 0 Å². The Labute approximate surface area is 32.6 Å². The van der Waals surface area contributed by atoms with Gasteiger partial charge in [0.15, 0.2) is 0 Å². The van der Waals surface area contributed by atoms with E-state index in [1.165, 1.54) is 0 Å². The Hall–Kier alpha value is 0.104. The largest absolute Gasteiger partial charge is 0.412 e. The first-order chi connectivity index (χ1) is 1.41. The van der Waals surface area contributed by atoms with Crippen molar-refractivity contribution in [3.8, 4) is 0 Å².